The molecule has 1 N–H and O–H groups in total. The number of hydrogen-bond donors (Lipinski definition) is 1. The van der Waals surface area contributed by atoms with E-state index in [1.54, 1.807) is 41.9 Å². The van der Waals surface area contributed by atoms with Crippen molar-refractivity contribution in [1.82, 2.24) is 14.5 Å². The zero-order valence-electron chi connectivity index (χ0n) is 19.0. The molecule has 2 amide bonds. The summed E-state index contributed by atoms with van der Waals surface area (Å²) in [5, 5.41) is 3.48. The van der Waals surface area contributed by atoms with E-state index in [2.05, 4.69) is 5.32 Å². The second-order valence-corrected chi connectivity index (χ2v) is 7.28. The zero-order valence-corrected chi connectivity index (χ0v) is 19.0. The lowest BCUT2D eigenvalue weighted by atomic mass is 10.1. The van der Waals surface area contributed by atoms with Gasteiger partial charge in [0, 0.05) is 13.7 Å². The van der Waals surface area contributed by atoms with Gasteiger partial charge in [-0.05, 0) is 37.6 Å². The van der Waals surface area contributed by atoms with E-state index in [-0.39, 0.29) is 11.6 Å². The summed E-state index contributed by atoms with van der Waals surface area (Å²) in [5.41, 5.74) is 1.06. The maximum atomic E-state index is 13.3. The molecule has 170 valence electrons. The minimum atomic E-state index is -0.399. The van der Waals surface area contributed by atoms with Crippen molar-refractivity contribution in [2.24, 2.45) is 0 Å². The molecule has 1 atom stereocenters. The highest BCUT2D eigenvalue weighted by Gasteiger charge is 2.28. The van der Waals surface area contributed by atoms with Gasteiger partial charge in [0.1, 0.15) is 11.6 Å². The van der Waals surface area contributed by atoms with Crippen LogP contribution in [0.1, 0.15) is 32.1 Å². The van der Waals surface area contributed by atoms with Crippen LogP contribution in [0, 0.1) is 0 Å². The molecule has 0 aliphatic carbocycles. The monoisotopic (exact) mass is 438 g/mol. The number of benzene rings is 2. The van der Waals surface area contributed by atoms with Gasteiger partial charge in [0.05, 0.1) is 42.9 Å². The molecule has 0 radical (unpaired) electrons. The van der Waals surface area contributed by atoms with E-state index in [1.807, 2.05) is 44.2 Å². The number of nitrogens with one attached hydrogen (secondary N) is 1. The molecule has 3 aromatic rings. The number of carbonyl (C=O) groups excluding carboxylic acids is 1. The van der Waals surface area contributed by atoms with Gasteiger partial charge < -0.3 is 19.7 Å². The molecular formula is C24H30N4O4. The molecule has 1 unspecified atom stereocenters. The summed E-state index contributed by atoms with van der Waals surface area (Å²) in [7, 11) is 3.15. The zero-order chi connectivity index (χ0) is 23.1. The van der Waals surface area contributed by atoms with Crippen molar-refractivity contribution in [1.29, 1.82) is 0 Å². The fraction of sp³-hybridized carbons (Fsp3) is 0.375. The Morgan fingerprint density at radius 2 is 1.84 bits per heavy atom. The SMILES string of the molecule is CCC(c1nc2ccccc2c(=O)n1CCOC)N(CC)C(=O)Nc1ccccc1OC. The summed E-state index contributed by atoms with van der Waals surface area (Å²) < 4.78 is 12.2. The van der Waals surface area contributed by atoms with Crippen LogP contribution in [-0.4, -0.2) is 47.9 Å². The Morgan fingerprint density at radius 1 is 1.12 bits per heavy atom. The van der Waals surface area contributed by atoms with E-state index in [9.17, 15) is 9.59 Å². The first-order valence-corrected chi connectivity index (χ1v) is 10.7. The van der Waals surface area contributed by atoms with Gasteiger partial charge in [-0.15, -0.1) is 0 Å². The lowest BCUT2D eigenvalue weighted by Gasteiger charge is -2.31. The summed E-state index contributed by atoms with van der Waals surface area (Å²) in [5.74, 6) is 1.12. The van der Waals surface area contributed by atoms with Gasteiger partial charge in [0.2, 0.25) is 0 Å². The second kappa shape index (κ2) is 10.8. The van der Waals surface area contributed by atoms with Crippen molar-refractivity contribution >= 4 is 22.6 Å². The molecule has 32 heavy (non-hydrogen) atoms. The first-order chi connectivity index (χ1) is 15.5. The van der Waals surface area contributed by atoms with Crippen molar-refractivity contribution in [3.05, 3.63) is 64.7 Å². The van der Waals surface area contributed by atoms with Crippen LogP contribution in [0.15, 0.2) is 53.3 Å². The third-order valence-corrected chi connectivity index (χ3v) is 5.42. The van der Waals surface area contributed by atoms with E-state index in [0.29, 0.717) is 54.3 Å². The van der Waals surface area contributed by atoms with Gasteiger partial charge >= 0.3 is 6.03 Å². The number of methoxy groups -OCH3 is 2. The van der Waals surface area contributed by atoms with E-state index >= 15 is 0 Å². The number of rotatable bonds is 9. The molecule has 0 aliphatic rings. The highest BCUT2D eigenvalue weighted by atomic mass is 16.5. The standard InChI is InChI=1S/C24H30N4O4/c1-5-20(27(6-2)24(30)26-19-13-9-10-14-21(19)32-4)22-25-18-12-8-7-11-17(18)23(29)28(22)15-16-31-3/h7-14,20H,5-6,15-16H2,1-4H3,(H,26,30). The fourth-order valence-corrected chi connectivity index (χ4v) is 3.82. The average molecular weight is 439 g/mol. The maximum absolute atomic E-state index is 13.3. The fourth-order valence-electron chi connectivity index (χ4n) is 3.82. The Bertz CT molecular complexity index is 1130. The number of aromatic nitrogens is 2. The Morgan fingerprint density at radius 3 is 2.53 bits per heavy atom. The summed E-state index contributed by atoms with van der Waals surface area (Å²) in [6, 6.07) is 13.8. The van der Waals surface area contributed by atoms with E-state index in [4.69, 9.17) is 14.5 Å². The molecule has 8 nitrogen and oxygen atoms in total. The molecule has 0 fully saturated rings. The van der Waals surface area contributed by atoms with Crippen LogP contribution in [0.2, 0.25) is 0 Å². The van der Waals surface area contributed by atoms with Crippen LogP contribution in [0.4, 0.5) is 10.5 Å². The summed E-state index contributed by atoms with van der Waals surface area (Å²) in [4.78, 5) is 33.0. The molecule has 0 bridgehead atoms. The number of hydrogen-bond acceptors (Lipinski definition) is 5. The highest BCUT2D eigenvalue weighted by Crippen LogP contribution is 2.27. The summed E-state index contributed by atoms with van der Waals surface area (Å²) in [6.07, 6.45) is 0.588. The van der Waals surface area contributed by atoms with Crippen molar-refractivity contribution in [3.8, 4) is 5.75 Å². The Hall–Kier alpha value is -3.39. The van der Waals surface area contributed by atoms with E-state index in [1.165, 1.54) is 0 Å². The number of urea groups is 1. The second-order valence-electron chi connectivity index (χ2n) is 7.28. The normalized spacial score (nSPS) is 11.9. The first-order valence-electron chi connectivity index (χ1n) is 10.7. The van der Waals surface area contributed by atoms with Crippen LogP contribution in [0.3, 0.4) is 0 Å². The molecule has 8 heteroatoms. The van der Waals surface area contributed by atoms with Gasteiger partial charge in [0.25, 0.3) is 5.56 Å². The largest absolute Gasteiger partial charge is 0.495 e. The van der Waals surface area contributed by atoms with Crippen LogP contribution < -0.4 is 15.6 Å². The topological polar surface area (TPSA) is 85.7 Å². The van der Waals surface area contributed by atoms with E-state index < -0.39 is 6.04 Å². The third-order valence-electron chi connectivity index (χ3n) is 5.42. The van der Waals surface area contributed by atoms with Crippen molar-refractivity contribution in [3.63, 3.8) is 0 Å². The lowest BCUT2D eigenvalue weighted by Crippen LogP contribution is -2.41. The summed E-state index contributed by atoms with van der Waals surface area (Å²) >= 11 is 0. The average Bonchev–Trinajstić information content (AvgIpc) is 2.82. The van der Waals surface area contributed by atoms with Crippen molar-refractivity contribution < 1.29 is 14.3 Å². The number of nitrogens with zero attached hydrogens (tertiary/aromatic N) is 3. The van der Waals surface area contributed by atoms with Crippen LogP contribution in [-0.2, 0) is 11.3 Å². The number of para-hydroxylation sites is 3. The minimum Gasteiger partial charge on any atom is -0.495 e. The van der Waals surface area contributed by atoms with Crippen LogP contribution in [0.25, 0.3) is 10.9 Å². The van der Waals surface area contributed by atoms with Gasteiger partial charge in [-0.25, -0.2) is 9.78 Å². The van der Waals surface area contributed by atoms with Crippen molar-refractivity contribution in [2.75, 3.05) is 32.7 Å². The molecule has 2 aromatic carbocycles. The van der Waals surface area contributed by atoms with Gasteiger partial charge in [-0.2, -0.15) is 0 Å². The third kappa shape index (κ3) is 4.75. The predicted octanol–water partition coefficient (Wildman–Crippen LogP) is 4.06. The number of carbonyl (C=O) groups is 1. The van der Waals surface area contributed by atoms with Gasteiger partial charge in [-0.1, -0.05) is 31.2 Å². The molecule has 3 rings (SSSR count). The first kappa shape index (κ1) is 23.3. The van der Waals surface area contributed by atoms with E-state index in [0.717, 1.165) is 0 Å². The van der Waals surface area contributed by atoms with Gasteiger partial charge in [0.15, 0.2) is 0 Å². The molecular weight excluding hydrogens is 408 g/mol. The van der Waals surface area contributed by atoms with Crippen LogP contribution >= 0.6 is 0 Å². The predicted molar refractivity (Wildman–Crippen MR) is 125 cm³/mol. The Kier molecular flexibility index (Phi) is 7.83. The number of anilines is 1. The Labute approximate surface area is 187 Å². The molecule has 1 aromatic heterocycles. The smallest absolute Gasteiger partial charge is 0.322 e. The summed E-state index contributed by atoms with van der Waals surface area (Å²) in [6.45, 7) is 5.04. The molecule has 0 saturated carbocycles. The van der Waals surface area contributed by atoms with Gasteiger partial charge in [-0.3, -0.25) is 9.36 Å². The number of fused-ring (bicyclic) bond motifs is 1. The maximum Gasteiger partial charge on any atom is 0.322 e. The number of amides is 2. The molecule has 0 aliphatic heterocycles. The molecule has 0 spiro atoms. The van der Waals surface area contributed by atoms with Crippen molar-refractivity contribution in [2.45, 2.75) is 32.9 Å². The minimum absolute atomic E-state index is 0.137. The highest BCUT2D eigenvalue weighted by molar-refractivity contribution is 5.91. The molecule has 0 saturated heterocycles. The van der Waals surface area contributed by atoms with Crippen LogP contribution in [0.5, 0.6) is 5.75 Å². The quantitative estimate of drug-likeness (QED) is 0.545. The molecule has 1 heterocycles. The lowest BCUT2D eigenvalue weighted by molar-refractivity contribution is 0.172. The Balaban J connectivity index is 2.04. The number of ether oxygens (including phenoxy) is 2.